The Morgan fingerprint density at radius 2 is 2.46 bits per heavy atom. The minimum Gasteiger partial charge on any atom is -0.476 e. The van der Waals surface area contributed by atoms with E-state index in [9.17, 15) is 4.79 Å². The Hall–Kier alpha value is -1.52. The quantitative estimate of drug-likeness (QED) is 0.660. The summed E-state index contributed by atoms with van der Waals surface area (Å²) in [7, 11) is 1.28. The third-order valence-electron chi connectivity index (χ3n) is 1.33. The summed E-state index contributed by atoms with van der Waals surface area (Å²) in [5.74, 6) is -0.199. The van der Waals surface area contributed by atoms with E-state index in [2.05, 4.69) is 14.4 Å². The van der Waals surface area contributed by atoms with Gasteiger partial charge in [0.1, 0.15) is 0 Å². The average Bonchev–Trinajstić information content (AvgIpc) is 2.62. The second kappa shape index (κ2) is 4.49. The molecular weight excluding hydrogens is 174 g/mol. The van der Waals surface area contributed by atoms with E-state index < -0.39 is 5.97 Å². The van der Waals surface area contributed by atoms with Crippen LogP contribution in [0.1, 0.15) is 23.9 Å². The van der Waals surface area contributed by atoms with Crippen LogP contribution in [0, 0.1) is 0 Å². The maximum atomic E-state index is 10.9. The zero-order valence-electron chi connectivity index (χ0n) is 7.57. The lowest BCUT2D eigenvalue weighted by Crippen LogP contribution is -1.98. The van der Waals surface area contributed by atoms with Crippen molar-refractivity contribution in [1.82, 2.24) is 5.16 Å². The third-order valence-corrected chi connectivity index (χ3v) is 1.33. The van der Waals surface area contributed by atoms with Crippen molar-refractivity contribution in [3.05, 3.63) is 11.8 Å². The van der Waals surface area contributed by atoms with Gasteiger partial charge in [-0.25, -0.2) is 4.79 Å². The van der Waals surface area contributed by atoms with Gasteiger partial charge in [0.2, 0.25) is 5.76 Å². The lowest BCUT2D eigenvalue weighted by molar-refractivity contribution is 0.0554. The van der Waals surface area contributed by atoms with Crippen LogP contribution in [-0.4, -0.2) is 24.8 Å². The second-order valence-electron chi connectivity index (χ2n) is 2.37. The van der Waals surface area contributed by atoms with Crippen LogP contribution in [0.3, 0.4) is 0 Å². The van der Waals surface area contributed by atoms with Gasteiger partial charge in [-0.1, -0.05) is 6.92 Å². The second-order valence-corrected chi connectivity index (χ2v) is 2.37. The van der Waals surface area contributed by atoms with Crippen LogP contribution >= 0.6 is 0 Å². The summed E-state index contributed by atoms with van der Waals surface area (Å²) >= 11 is 0. The van der Waals surface area contributed by atoms with E-state index in [-0.39, 0.29) is 5.76 Å². The molecule has 5 heteroatoms. The molecule has 0 amide bonds. The van der Waals surface area contributed by atoms with Crippen molar-refractivity contribution in [3.63, 3.8) is 0 Å². The van der Waals surface area contributed by atoms with Gasteiger partial charge in [0, 0.05) is 0 Å². The Morgan fingerprint density at radius 1 is 1.69 bits per heavy atom. The highest BCUT2D eigenvalue weighted by atomic mass is 16.6. The van der Waals surface area contributed by atoms with Crippen molar-refractivity contribution in [2.24, 2.45) is 0 Å². The van der Waals surface area contributed by atoms with E-state index in [1.165, 1.54) is 13.2 Å². The normalized spacial score (nSPS) is 9.69. The van der Waals surface area contributed by atoms with Crippen LogP contribution < -0.4 is 4.74 Å². The predicted molar refractivity (Wildman–Crippen MR) is 43.6 cm³/mol. The number of aromatic nitrogens is 1. The lowest BCUT2D eigenvalue weighted by Gasteiger charge is -1.95. The highest BCUT2D eigenvalue weighted by molar-refractivity contribution is 5.86. The molecule has 0 fully saturated rings. The van der Waals surface area contributed by atoms with Crippen LogP contribution in [0.4, 0.5) is 0 Å². The smallest absolute Gasteiger partial charge is 0.377 e. The molecule has 72 valence electrons. The van der Waals surface area contributed by atoms with Gasteiger partial charge in [0.15, 0.2) is 0 Å². The van der Waals surface area contributed by atoms with Gasteiger partial charge in [-0.05, 0) is 11.6 Å². The zero-order chi connectivity index (χ0) is 9.68. The Bertz CT molecular complexity index is 281. The van der Waals surface area contributed by atoms with E-state index in [1.807, 2.05) is 6.92 Å². The fourth-order valence-corrected chi connectivity index (χ4v) is 0.730. The summed E-state index contributed by atoms with van der Waals surface area (Å²) in [4.78, 5) is 10.9. The van der Waals surface area contributed by atoms with Crippen LogP contribution in [0.5, 0.6) is 5.88 Å². The first kappa shape index (κ1) is 9.57. The highest BCUT2D eigenvalue weighted by Gasteiger charge is 2.13. The van der Waals surface area contributed by atoms with Crippen LogP contribution in [0.15, 0.2) is 10.6 Å². The van der Waals surface area contributed by atoms with Gasteiger partial charge in [-0.15, -0.1) is 0 Å². The molecule has 1 rings (SSSR count). The van der Waals surface area contributed by atoms with Crippen molar-refractivity contribution >= 4 is 5.97 Å². The van der Waals surface area contributed by atoms with Crippen molar-refractivity contribution in [2.75, 3.05) is 13.7 Å². The Labute approximate surface area is 75.6 Å². The summed E-state index contributed by atoms with van der Waals surface area (Å²) in [5.41, 5.74) is 0. The van der Waals surface area contributed by atoms with E-state index in [1.54, 1.807) is 0 Å². The van der Waals surface area contributed by atoms with Crippen LogP contribution in [0.25, 0.3) is 0 Å². The van der Waals surface area contributed by atoms with E-state index in [0.717, 1.165) is 6.42 Å². The molecular formula is C8H11NO4. The monoisotopic (exact) mass is 185 g/mol. The number of ether oxygens (including phenoxy) is 2. The largest absolute Gasteiger partial charge is 0.476 e. The SMILES string of the molecule is CCCOc1cc(C(=O)OC)on1. The molecule has 0 N–H and O–H groups in total. The number of rotatable bonds is 4. The molecule has 0 aliphatic rings. The Morgan fingerprint density at radius 3 is 3.08 bits per heavy atom. The summed E-state index contributed by atoms with van der Waals surface area (Å²) in [6.45, 7) is 2.52. The van der Waals surface area contributed by atoms with Crippen molar-refractivity contribution < 1.29 is 18.8 Å². The molecule has 1 aromatic rings. The molecule has 0 aliphatic heterocycles. The van der Waals surface area contributed by atoms with Gasteiger partial charge < -0.3 is 14.0 Å². The third kappa shape index (κ3) is 2.47. The van der Waals surface area contributed by atoms with Crippen molar-refractivity contribution in [2.45, 2.75) is 13.3 Å². The highest BCUT2D eigenvalue weighted by Crippen LogP contribution is 2.11. The maximum Gasteiger partial charge on any atom is 0.377 e. The molecule has 0 aliphatic carbocycles. The average molecular weight is 185 g/mol. The van der Waals surface area contributed by atoms with Gasteiger partial charge in [-0.2, -0.15) is 0 Å². The fraction of sp³-hybridized carbons (Fsp3) is 0.500. The molecule has 13 heavy (non-hydrogen) atoms. The number of hydrogen-bond acceptors (Lipinski definition) is 5. The molecule has 0 aromatic carbocycles. The van der Waals surface area contributed by atoms with Gasteiger partial charge in [0.05, 0.1) is 19.8 Å². The number of methoxy groups -OCH3 is 1. The number of carbonyl (C=O) groups is 1. The first-order chi connectivity index (χ1) is 6.27. The number of esters is 1. The molecule has 0 atom stereocenters. The van der Waals surface area contributed by atoms with E-state index in [0.29, 0.717) is 12.5 Å². The minimum absolute atomic E-state index is 0.0496. The predicted octanol–water partition coefficient (Wildman–Crippen LogP) is 1.25. The molecule has 0 spiro atoms. The first-order valence-corrected chi connectivity index (χ1v) is 3.95. The number of hydrogen-bond donors (Lipinski definition) is 0. The fourth-order valence-electron chi connectivity index (χ4n) is 0.730. The maximum absolute atomic E-state index is 10.9. The minimum atomic E-state index is -0.557. The molecule has 0 bridgehead atoms. The van der Waals surface area contributed by atoms with E-state index >= 15 is 0 Å². The van der Waals surface area contributed by atoms with Gasteiger partial charge in [0.25, 0.3) is 5.88 Å². The number of carbonyl (C=O) groups excluding carboxylic acids is 1. The van der Waals surface area contributed by atoms with Crippen molar-refractivity contribution in [3.8, 4) is 5.88 Å². The van der Waals surface area contributed by atoms with E-state index in [4.69, 9.17) is 4.74 Å². The number of nitrogens with zero attached hydrogens (tertiary/aromatic N) is 1. The standard InChI is InChI=1S/C8H11NO4/c1-3-4-12-7-5-6(13-9-7)8(10)11-2/h5H,3-4H2,1-2H3. The van der Waals surface area contributed by atoms with Crippen molar-refractivity contribution in [1.29, 1.82) is 0 Å². The summed E-state index contributed by atoms with van der Waals surface area (Å²) < 4.78 is 14.2. The molecule has 1 aromatic heterocycles. The molecule has 0 saturated heterocycles. The molecule has 1 heterocycles. The lowest BCUT2D eigenvalue weighted by atomic mass is 10.4. The molecule has 0 unspecified atom stereocenters. The Balaban J connectivity index is 2.58. The molecule has 0 saturated carbocycles. The Kier molecular flexibility index (Phi) is 3.31. The molecule has 5 nitrogen and oxygen atoms in total. The van der Waals surface area contributed by atoms with Crippen LogP contribution in [-0.2, 0) is 4.74 Å². The summed E-state index contributed by atoms with van der Waals surface area (Å²) in [5, 5.41) is 3.52. The summed E-state index contributed by atoms with van der Waals surface area (Å²) in [6, 6.07) is 1.40. The zero-order valence-corrected chi connectivity index (χ0v) is 7.57. The summed E-state index contributed by atoms with van der Waals surface area (Å²) in [6.07, 6.45) is 0.875. The first-order valence-electron chi connectivity index (χ1n) is 3.95. The molecule has 0 radical (unpaired) electrons. The van der Waals surface area contributed by atoms with Crippen LogP contribution in [0.2, 0.25) is 0 Å². The van der Waals surface area contributed by atoms with Gasteiger partial charge in [-0.3, -0.25) is 0 Å². The topological polar surface area (TPSA) is 61.6 Å². The van der Waals surface area contributed by atoms with Gasteiger partial charge >= 0.3 is 5.97 Å².